The van der Waals surface area contributed by atoms with Crippen molar-refractivity contribution in [3.8, 4) is 0 Å². The maximum absolute atomic E-state index is 9.43. The second-order valence-corrected chi connectivity index (χ2v) is 0.964. The Kier molecular flexibility index (Phi) is 7.99. The number of aliphatic carboxylic acids is 2. The monoisotopic (exact) mass is 244 g/mol. The van der Waals surface area contributed by atoms with Crippen LogP contribution < -0.4 is 0 Å². The molecule has 0 aliphatic heterocycles. The first-order valence-electron chi connectivity index (χ1n) is 1.56. The van der Waals surface area contributed by atoms with E-state index >= 15 is 0 Å². The van der Waals surface area contributed by atoms with Crippen LogP contribution in [0.5, 0.6) is 0 Å². The summed E-state index contributed by atoms with van der Waals surface area (Å²) in [5.41, 5.74) is 0. The fourth-order valence-corrected chi connectivity index (χ4v) is 0.129. The molecule has 0 bridgehead atoms. The molecule has 0 heterocycles. The third-order valence-corrected chi connectivity index (χ3v) is 0.302. The Balaban J connectivity index is 0. The summed E-state index contributed by atoms with van der Waals surface area (Å²) in [5.74, 6) is -2.62. The Hall–Kier alpha value is 0.511. The van der Waals surface area contributed by atoms with E-state index in [4.69, 9.17) is 10.2 Å². The molecule has 0 saturated heterocycles. The Morgan fingerprint density at radius 1 is 1.12 bits per heavy atom. The van der Waals surface area contributed by atoms with Crippen LogP contribution in [0, 0.1) is 0 Å². The van der Waals surface area contributed by atoms with Crippen LogP contribution in [0.2, 0.25) is 0 Å². The van der Waals surface area contributed by atoms with Crippen LogP contribution in [0.15, 0.2) is 0 Å². The number of rotatable bonds is 2. The minimum absolute atomic E-state index is 0. The molecule has 0 aliphatic carbocycles. The molecule has 0 amide bonds. The van der Waals surface area contributed by atoms with Crippen LogP contribution in [-0.2, 0) is 9.59 Å². The van der Waals surface area contributed by atoms with Gasteiger partial charge in [-0.3, -0.25) is 9.59 Å². The molecule has 0 saturated carbocycles. The molecule has 5 heteroatoms. The van der Waals surface area contributed by atoms with Gasteiger partial charge in [-0.1, -0.05) is 0 Å². The maximum atomic E-state index is 9.43. The summed E-state index contributed by atoms with van der Waals surface area (Å²) in [6.45, 7) is 0. The van der Waals surface area contributed by atoms with Gasteiger partial charge in [-0.05, 0) is 0 Å². The second-order valence-electron chi connectivity index (χ2n) is 0.964. The van der Waals surface area contributed by atoms with Crippen molar-refractivity contribution in [2.24, 2.45) is 0 Å². The average Bonchev–Trinajstić information content (AvgIpc) is 1.27. The van der Waals surface area contributed by atoms with E-state index in [0.29, 0.717) is 0 Å². The molecule has 2 N–H and O–H groups in total. The summed E-state index contributed by atoms with van der Waals surface area (Å²) >= 11 is 0. The minimum atomic E-state index is -1.31. The van der Waals surface area contributed by atoms with E-state index in [1.54, 1.807) is 0 Å². The van der Waals surface area contributed by atoms with Crippen molar-refractivity contribution in [3.05, 3.63) is 0 Å². The predicted molar refractivity (Wildman–Crippen MR) is 28.4 cm³/mol. The topological polar surface area (TPSA) is 74.6 Å². The van der Waals surface area contributed by atoms with Crippen LogP contribution in [0.1, 0.15) is 6.42 Å². The van der Waals surface area contributed by atoms with Crippen LogP contribution >= 0.6 is 0 Å². The fraction of sp³-hybridized carbons (Fsp3) is 0.333. The van der Waals surface area contributed by atoms with E-state index in [-0.39, 0.29) is 48.9 Å². The Morgan fingerprint density at radius 3 is 1.38 bits per heavy atom. The molecule has 0 aromatic carbocycles. The first kappa shape index (κ1) is 11.3. The Bertz CT molecular complexity index is 87.5. The molecule has 44 valence electrons. The quantitative estimate of drug-likeness (QED) is 0.463. The van der Waals surface area contributed by atoms with E-state index in [9.17, 15) is 9.59 Å². The zero-order valence-corrected chi connectivity index (χ0v) is 3.42. The number of hydrogen-bond acceptors (Lipinski definition) is 2. The number of hydrogen-bond donors (Lipinski definition) is 2. The van der Waals surface area contributed by atoms with E-state index in [1.165, 1.54) is 0 Å². The zero-order valence-electron chi connectivity index (χ0n) is 3.42. The standard InChI is InChI=1S/C3H4O4.Ba.2H/c4-2(5)1-3(6)7;;;/h1H2,(H,4,5)(H,6,7);;;. The SMILES string of the molecule is O=C(O)CC(=O)O.[BaH2]. The van der Waals surface area contributed by atoms with Crippen LogP contribution in [-0.4, -0.2) is 71.0 Å². The number of carboxylic acid groups (broad SMARTS) is 2. The van der Waals surface area contributed by atoms with Gasteiger partial charge in [0.15, 0.2) is 0 Å². The van der Waals surface area contributed by atoms with Crippen LogP contribution in [0.3, 0.4) is 0 Å². The van der Waals surface area contributed by atoms with Crippen molar-refractivity contribution in [2.45, 2.75) is 6.42 Å². The first-order valence-corrected chi connectivity index (χ1v) is 1.56. The second kappa shape index (κ2) is 5.64. The van der Waals surface area contributed by atoms with Gasteiger partial charge in [0.1, 0.15) is 6.42 Å². The molecule has 8 heavy (non-hydrogen) atoms. The van der Waals surface area contributed by atoms with Gasteiger partial charge in [-0.25, -0.2) is 0 Å². The summed E-state index contributed by atoms with van der Waals surface area (Å²) < 4.78 is 0. The van der Waals surface area contributed by atoms with Crippen molar-refractivity contribution in [1.29, 1.82) is 0 Å². The average molecular weight is 243 g/mol. The van der Waals surface area contributed by atoms with Gasteiger partial charge in [-0.15, -0.1) is 0 Å². The van der Waals surface area contributed by atoms with E-state index in [0.717, 1.165) is 0 Å². The number of carbonyl (C=O) groups is 2. The van der Waals surface area contributed by atoms with Crippen LogP contribution in [0.4, 0.5) is 0 Å². The van der Waals surface area contributed by atoms with Gasteiger partial charge in [0, 0.05) is 0 Å². The summed E-state index contributed by atoms with van der Waals surface area (Å²) in [6.07, 6.45) is -0.806. The number of carboxylic acids is 2. The van der Waals surface area contributed by atoms with E-state index in [1.807, 2.05) is 0 Å². The molecule has 0 fully saturated rings. The van der Waals surface area contributed by atoms with Gasteiger partial charge >= 0.3 is 60.8 Å². The Labute approximate surface area is 86.0 Å². The van der Waals surface area contributed by atoms with Crippen molar-refractivity contribution in [1.82, 2.24) is 0 Å². The molecule has 0 aliphatic rings. The first-order chi connectivity index (χ1) is 3.13. The van der Waals surface area contributed by atoms with Gasteiger partial charge in [0.25, 0.3) is 0 Å². The van der Waals surface area contributed by atoms with Gasteiger partial charge in [0.2, 0.25) is 0 Å². The van der Waals surface area contributed by atoms with Crippen molar-refractivity contribution >= 4 is 60.8 Å². The van der Waals surface area contributed by atoms with E-state index < -0.39 is 18.4 Å². The Morgan fingerprint density at radius 2 is 1.38 bits per heavy atom. The van der Waals surface area contributed by atoms with Gasteiger partial charge in [0.05, 0.1) is 0 Å². The summed E-state index contributed by atoms with van der Waals surface area (Å²) in [5, 5.41) is 15.4. The molecule has 0 aromatic rings. The molecular weight excluding hydrogens is 237 g/mol. The molecule has 0 spiro atoms. The molecule has 0 aromatic heterocycles. The summed E-state index contributed by atoms with van der Waals surface area (Å²) in [7, 11) is 0. The third-order valence-electron chi connectivity index (χ3n) is 0.302. The van der Waals surface area contributed by atoms with Crippen molar-refractivity contribution < 1.29 is 19.8 Å². The zero-order chi connectivity index (χ0) is 5.86. The normalized spacial score (nSPS) is 7.00. The summed E-state index contributed by atoms with van der Waals surface area (Å²) in [6, 6.07) is 0. The van der Waals surface area contributed by atoms with Crippen LogP contribution in [0.25, 0.3) is 0 Å². The van der Waals surface area contributed by atoms with Crippen molar-refractivity contribution in [2.75, 3.05) is 0 Å². The van der Waals surface area contributed by atoms with Crippen molar-refractivity contribution in [3.63, 3.8) is 0 Å². The van der Waals surface area contributed by atoms with Gasteiger partial charge < -0.3 is 10.2 Å². The molecule has 0 rings (SSSR count). The molecule has 0 unspecified atom stereocenters. The molecule has 0 radical (unpaired) electrons. The molecule has 0 atom stereocenters. The molecular formula is C3H6BaO4. The summed E-state index contributed by atoms with van der Waals surface area (Å²) in [4.78, 5) is 18.9. The molecule has 4 nitrogen and oxygen atoms in total. The fourth-order valence-electron chi connectivity index (χ4n) is 0.129. The third kappa shape index (κ3) is 9.72. The van der Waals surface area contributed by atoms with Gasteiger partial charge in [-0.2, -0.15) is 0 Å². The van der Waals surface area contributed by atoms with E-state index in [2.05, 4.69) is 0 Å². The predicted octanol–water partition coefficient (Wildman–Crippen LogP) is -1.37.